The molecule has 0 aliphatic heterocycles. The van der Waals surface area contributed by atoms with Crippen LogP contribution in [0.4, 0.5) is 0 Å². The van der Waals surface area contributed by atoms with Crippen molar-refractivity contribution < 1.29 is 0 Å². The summed E-state index contributed by atoms with van der Waals surface area (Å²) in [5.41, 5.74) is 2.82. The van der Waals surface area contributed by atoms with Crippen molar-refractivity contribution in [3.05, 3.63) is 57.8 Å². The standard InChI is InChI=1S/C15H18S/c1-13-8-10-14(11-9-13)5-2-3-6-15-7-4-12-16-15/h4,7-12H,2-3,5-6H2,1H3. The van der Waals surface area contributed by atoms with Crippen molar-refractivity contribution in [3.63, 3.8) is 0 Å². The zero-order chi connectivity index (χ0) is 11.2. The number of hydrogen-bond acceptors (Lipinski definition) is 1. The van der Waals surface area contributed by atoms with Gasteiger partial charge in [0.1, 0.15) is 0 Å². The first kappa shape index (κ1) is 11.4. The number of thiophene rings is 1. The Morgan fingerprint density at radius 2 is 1.69 bits per heavy atom. The van der Waals surface area contributed by atoms with Crippen molar-refractivity contribution in [2.24, 2.45) is 0 Å². The summed E-state index contributed by atoms with van der Waals surface area (Å²) in [7, 11) is 0. The zero-order valence-corrected chi connectivity index (χ0v) is 10.6. The van der Waals surface area contributed by atoms with Gasteiger partial charge in [-0.05, 0) is 49.6 Å². The molecule has 1 aromatic heterocycles. The molecule has 0 bridgehead atoms. The lowest BCUT2D eigenvalue weighted by atomic mass is 10.1. The Hall–Kier alpha value is -1.08. The average molecular weight is 230 g/mol. The molecule has 16 heavy (non-hydrogen) atoms. The summed E-state index contributed by atoms with van der Waals surface area (Å²) in [5, 5.41) is 2.16. The third kappa shape index (κ3) is 3.49. The molecule has 0 saturated carbocycles. The van der Waals surface area contributed by atoms with Gasteiger partial charge < -0.3 is 0 Å². The Kier molecular flexibility index (Phi) is 4.17. The summed E-state index contributed by atoms with van der Waals surface area (Å²) in [6.45, 7) is 2.14. The molecular weight excluding hydrogens is 212 g/mol. The average Bonchev–Trinajstić information content (AvgIpc) is 2.80. The van der Waals surface area contributed by atoms with Crippen LogP contribution in [-0.2, 0) is 12.8 Å². The highest BCUT2D eigenvalue weighted by molar-refractivity contribution is 7.09. The van der Waals surface area contributed by atoms with Crippen LogP contribution in [-0.4, -0.2) is 0 Å². The molecule has 0 aliphatic carbocycles. The minimum absolute atomic E-state index is 1.21. The van der Waals surface area contributed by atoms with E-state index in [1.54, 1.807) is 0 Å². The summed E-state index contributed by atoms with van der Waals surface area (Å²) in [5.74, 6) is 0. The second-order valence-electron chi connectivity index (χ2n) is 4.27. The fourth-order valence-electron chi connectivity index (χ4n) is 1.84. The van der Waals surface area contributed by atoms with Gasteiger partial charge in [0.05, 0.1) is 0 Å². The molecule has 0 radical (unpaired) electrons. The Bertz CT molecular complexity index is 398. The predicted octanol–water partition coefficient (Wildman–Crippen LogP) is 4.62. The van der Waals surface area contributed by atoms with Crippen LogP contribution in [0, 0.1) is 6.92 Å². The molecule has 2 aromatic rings. The smallest absolute Gasteiger partial charge is 0.00452 e. The maximum Gasteiger partial charge on any atom is 0.00452 e. The molecule has 0 saturated heterocycles. The summed E-state index contributed by atoms with van der Waals surface area (Å²) < 4.78 is 0. The van der Waals surface area contributed by atoms with E-state index in [1.807, 2.05) is 11.3 Å². The Morgan fingerprint density at radius 1 is 0.938 bits per heavy atom. The van der Waals surface area contributed by atoms with Crippen LogP contribution in [0.2, 0.25) is 0 Å². The minimum Gasteiger partial charge on any atom is -0.149 e. The van der Waals surface area contributed by atoms with E-state index in [1.165, 1.54) is 41.7 Å². The largest absolute Gasteiger partial charge is 0.149 e. The van der Waals surface area contributed by atoms with Crippen molar-refractivity contribution in [1.82, 2.24) is 0 Å². The molecule has 0 nitrogen and oxygen atoms in total. The number of benzene rings is 1. The van der Waals surface area contributed by atoms with Gasteiger partial charge in [-0.2, -0.15) is 0 Å². The molecule has 1 heterocycles. The molecule has 0 amide bonds. The van der Waals surface area contributed by atoms with E-state index in [4.69, 9.17) is 0 Å². The van der Waals surface area contributed by atoms with Crippen LogP contribution in [0.3, 0.4) is 0 Å². The molecule has 0 aliphatic rings. The second-order valence-corrected chi connectivity index (χ2v) is 5.30. The van der Waals surface area contributed by atoms with Crippen LogP contribution in [0.1, 0.15) is 28.8 Å². The fourth-order valence-corrected chi connectivity index (χ4v) is 2.59. The fraction of sp³-hybridized carbons (Fsp3) is 0.333. The van der Waals surface area contributed by atoms with E-state index in [-0.39, 0.29) is 0 Å². The molecular formula is C15H18S. The third-order valence-electron chi connectivity index (χ3n) is 2.84. The Morgan fingerprint density at radius 3 is 2.38 bits per heavy atom. The topological polar surface area (TPSA) is 0 Å². The monoisotopic (exact) mass is 230 g/mol. The molecule has 0 spiro atoms. The number of rotatable bonds is 5. The van der Waals surface area contributed by atoms with E-state index in [9.17, 15) is 0 Å². The SMILES string of the molecule is Cc1ccc(CCCCc2cccs2)cc1. The molecule has 0 fully saturated rings. The van der Waals surface area contributed by atoms with Crippen molar-refractivity contribution in [2.45, 2.75) is 32.6 Å². The van der Waals surface area contributed by atoms with Crippen LogP contribution >= 0.6 is 11.3 Å². The molecule has 1 aromatic carbocycles. The lowest BCUT2D eigenvalue weighted by Gasteiger charge is -2.01. The van der Waals surface area contributed by atoms with Gasteiger partial charge in [0, 0.05) is 4.88 Å². The number of hydrogen-bond donors (Lipinski definition) is 0. The highest BCUT2D eigenvalue weighted by Gasteiger charge is 1.96. The summed E-state index contributed by atoms with van der Waals surface area (Å²) in [6, 6.07) is 13.3. The predicted molar refractivity (Wildman–Crippen MR) is 72.1 cm³/mol. The van der Waals surface area contributed by atoms with Crippen molar-refractivity contribution in [3.8, 4) is 0 Å². The maximum absolute atomic E-state index is 2.25. The first-order chi connectivity index (χ1) is 7.84. The lowest BCUT2D eigenvalue weighted by Crippen LogP contribution is -1.87. The van der Waals surface area contributed by atoms with Gasteiger partial charge in [0.2, 0.25) is 0 Å². The molecule has 0 atom stereocenters. The highest BCUT2D eigenvalue weighted by atomic mass is 32.1. The van der Waals surface area contributed by atoms with E-state index >= 15 is 0 Å². The lowest BCUT2D eigenvalue weighted by molar-refractivity contribution is 0.740. The molecule has 2 rings (SSSR count). The quantitative estimate of drug-likeness (QED) is 0.657. The molecule has 84 valence electrons. The van der Waals surface area contributed by atoms with Gasteiger partial charge >= 0.3 is 0 Å². The van der Waals surface area contributed by atoms with Crippen LogP contribution in [0.25, 0.3) is 0 Å². The Balaban J connectivity index is 1.70. The first-order valence-electron chi connectivity index (χ1n) is 5.92. The van der Waals surface area contributed by atoms with E-state index in [0.717, 1.165) is 0 Å². The minimum atomic E-state index is 1.21. The van der Waals surface area contributed by atoms with E-state index in [0.29, 0.717) is 0 Å². The number of unbranched alkanes of at least 4 members (excludes halogenated alkanes) is 1. The van der Waals surface area contributed by atoms with Gasteiger partial charge in [-0.15, -0.1) is 11.3 Å². The highest BCUT2D eigenvalue weighted by Crippen LogP contribution is 2.13. The molecule has 1 heteroatoms. The van der Waals surface area contributed by atoms with E-state index in [2.05, 4.69) is 48.7 Å². The normalized spacial score (nSPS) is 10.6. The van der Waals surface area contributed by atoms with Gasteiger partial charge in [-0.1, -0.05) is 35.9 Å². The van der Waals surface area contributed by atoms with Gasteiger partial charge in [-0.3, -0.25) is 0 Å². The molecule has 0 N–H and O–H groups in total. The third-order valence-corrected chi connectivity index (χ3v) is 3.78. The summed E-state index contributed by atoms with van der Waals surface area (Å²) in [4.78, 5) is 1.52. The van der Waals surface area contributed by atoms with Gasteiger partial charge in [-0.25, -0.2) is 0 Å². The van der Waals surface area contributed by atoms with Gasteiger partial charge in [0.15, 0.2) is 0 Å². The van der Waals surface area contributed by atoms with Crippen molar-refractivity contribution in [1.29, 1.82) is 0 Å². The zero-order valence-electron chi connectivity index (χ0n) is 9.78. The van der Waals surface area contributed by atoms with Crippen LogP contribution in [0.5, 0.6) is 0 Å². The summed E-state index contributed by atoms with van der Waals surface area (Å²) in [6.07, 6.45) is 5.05. The molecule has 0 unspecified atom stereocenters. The van der Waals surface area contributed by atoms with Crippen molar-refractivity contribution in [2.75, 3.05) is 0 Å². The first-order valence-corrected chi connectivity index (χ1v) is 6.80. The second kappa shape index (κ2) is 5.86. The Labute approximate surface area is 102 Å². The van der Waals surface area contributed by atoms with Crippen LogP contribution < -0.4 is 0 Å². The van der Waals surface area contributed by atoms with E-state index < -0.39 is 0 Å². The number of aryl methyl sites for hydroxylation is 3. The van der Waals surface area contributed by atoms with Gasteiger partial charge in [0.25, 0.3) is 0 Å². The van der Waals surface area contributed by atoms with Crippen LogP contribution in [0.15, 0.2) is 41.8 Å². The maximum atomic E-state index is 2.25. The summed E-state index contributed by atoms with van der Waals surface area (Å²) >= 11 is 1.87. The van der Waals surface area contributed by atoms with Crippen molar-refractivity contribution >= 4 is 11.3 Å².